The monoisotopic (exact) mass is 519 g/mol. The van der Waals surface area contributed by atoms with Gasteiger partial charge in [0.25, 0.3) is 11.8 Å². The number of ether oxygens (including phenoxy) is 2. The fraction of sp³-hybridized carbons (Fsp3) is 0.269. The zero-order chi connectivity index (χ0) is 27.4. The first-order valence-electron chi connectivity index (χ1n) is 11.5. The summed E-state index contributed by atoms with van der Waals surface area (Å²) in [5.74, 6) is 0.0662. The molecule has 1 amide bonds. The van der Waals surface area contributed by atoms with Crippen molar-refractivity contribution < 1.29 is 23.8 Å². The lowest BCUT2D eigenvalue weighted by Crippen LogP contribution is -2.42. The second kappa shape index (κ2) is 10.7. The van der Waals surface area contributed by atoms with E-state index in [4.69, 9.17) is 14.7 Å². The minimum atomic E-state index is -1.68. The van der Waals surface area contributed by atoms with Crippen LogP contribution in [0.4, 0.5) is 15.8 Å². The van der Waals surface area contributed by atoms with Gasteiger partial charge in [0, 0.05) is 12.3 Å². The minimum absolute atomic E-state index is 0.132. The average Bonchev–Trinajstić information content (AvgIpc) is 3.34. The van der Waals surface area contributed by atoms with Crippen LogP contribution in [0.15, 0.2) is 48.9 Å². The zero-order valence-electron chi connectivity index (χ0n) is 21.2. The molecular weight excluding hydrogens is 493 g/mol. The van der Waals surface area contributed by atoms with Crippen LogP contribution in [-0.4, -0.2) is 63.1 Å². The predicted octanol–water partition coefficient (Wildman–Crippen LogP) is 3.26. The lowest BCUT2D eigenvalue weighted by atomic mass is 10.0. The third kappa shape index (κ3) is 5.47. The molecule has 4 aromatic heterocycles. The van der Waals surface area contributed by atoms with Crippen LogP contribution in [0.25, 0.3) is 16.9 Å². The summed E-state index contributed by atoms with van der Waals surface area (Å²) in [5, 5.41) is 29.0. The average molecular weight is 520 g/mol. The van der Waals surface area contributed by atoms with Crippen molar-refractivity contribution in [2.45, 2.75) is 25.6 Å². The van der Waals surface area contributed by atoms with Gasteiger partial charge in [-0.2, -0.15) is 10.4 Å². The van der Waals surface area contributed by atoms with Crippen molar-refractivity contribution in [1.29, 1.82) is 5.26 Å². The van der Waals surface area contributed by atoms with E-state index in [1.54, 1.807) is 34.8 Å². The van der Waals surface area contributed by atoms with E-state index in [0.29, 0.717) is 39.6 Å². The second-order valence-electron chi connectivity index (χ2n) is 8.92. The Bertz CT molecular complexity index is 1520. The largest absolute Gasteiger partial charge is 0.491 e. The Kier molecular flexibility index (Phi) is 7.40. The molecule has 11 nitrogen and oxygen atoms in total. The Morgan fingerprint density at radius 1 is 1.18 bits per heavy atom. The second-order valence-corrected chi connectivity index (χ2v) is 8.92. The number of aliphatic hydroxyl groups is 1. The lowest BCUT2D eigenvalue weighted by Gasteiger charge is -2.22. The minimum Gasteiger partial charge on any atom is -0.491 e. The molecule has 0 aliphatic heterocycles. The lowest BCUT2D eigenvalue weighted by molar-refractivity contribution is -0.00177. The highest BCUT2D eigenvalue weighted by Gasteiger charge is 2.27. The van der Waals surface area contributed by atoms with E-state index in [1.165, 1.54) is 46.7 Å². The molecule has 1 atom stereocenters. The maximum absolute atomic E-state index is 14.3. The van der Waals surface area contributed by atoms with Gasteiger partial charge in [-0.05, 0) is 38.1 Å². The molecule has 38 heavy (non-hydrogen) atoms. The Morgan fingerprint density at radius 3 is 2.66 bits per heavy atom. The Morgan fingerprint density at radius 2 is 1.97 bits per heavy atom. The molecule has 0 fully saturated rings. The first-order chi connectivity index (χ1) is 18.1. The molecule has 196 valence electrons. The van der Waals surface area contributed by atoms with Crippen molar-refractivity contribution in [3.8, 4) is 29.1 Å². The number of nitrogens with one attached hydrogen (secondary N) is 2. The van der Waals surface area contributed by atoms with Crippen molar-refractivity contribution >= 4 is 22.8 Å². The smallest absolute Gasteiger partial charge is 0.256 e. The molecule has 4 heterocycles. The van der Waals surface area contributed by atoms with E-state index in [2.05, 4.69) is 31.8 Å². The van der Waals surface area contributed by atoms with Gasteiger partial charge in [-0.15, -0.1) is 0 Å². The van der Waals surface area contributed by atoms with E-state index in [1.807, 2.05) is 0 Å². The van der Waals surface area contributed by atoms with Crippen LogP contribution in [0.2, 0.25) is 0 Å². The van der Waals surface area contributed by atoms with Crippen LogP contribution in [0.1, 0.15) is 29.8 Å². The summed E-state index contributed by atoms with van der Waals surface area (Å²) >= 11 is 0. The highest BCUT2D eigenvalue weighted by atomic mass is 19.1. The van der Waals surface area contributed by atoms with Gasteiger partial charge in [0.1, 0.15) is 12.2 Å². The maximum Gasteiger partial charge on any atom is 0.256 e. The fourth-order valence-corrected chi connectivity index (χ4v) is 3.62. The standard InChI is InChI=1S/C26H26FN7O4/c1-26(2,36)23(27)14-30-24(35)18-13-29-20(21-6-5-17-7-15(10-28)11-32-34(17)21)9-19(18)33-16-8-22(37-3)25(38-4)31-12-16/h5-9,11-13,23,36H,14H2,1-4H3,(H,29,33)(H,30,35). The van der Waals surface area contributed by atoms with Gasteiger partial charge in [-0.25, -0.2) is 13.9 Å². The maximum atomic E-state index is 14.3. The third-order valence-corrected chi connectivity index (χ3v) is 5.76. The number of carbonyl (C=O) groups excluding carboxylic acids is 1. The number of amides is 1. The molecule has 3 N–H and O–H groups in total. The van der Waals surface area contributed by atoms with Crippen LogP contribution >= 0.6 is 0 Å². The number of alkyl halides is 1. The van der Waals surface area contributed by atoms with E-state index < -0.39 is 24.2 Å². The van der Waals surface area contributed by atoms with Gasteiger partial charge in [0.15, 0.2) is 5.75 Å². The van der Waals surface area contributed by atoms with Gasteiger partial charge in [0.2, 0.25) is 0 Å². The molecule has 0 saturated carbocycles. The quantitative estimate of drug-likeness (QED) is 0.303. The summed E-state index contributed by atoms with van der Waals surface area (Å²) in [4.78, 5) is 21.7. The number of anilines is 2. The molecule has 0 bridgehead atoms. The van der Waals surface area contributed by atoms with Gasteiger partial charge < -0.3 is 25.2 Å². The van der Waals surface area contributed by atoms with Crippen molar-refractivity contribution in [3.05, 3.63) is 60.0 Å². The molecule has 0 radical (unpaired) electrons. The predicted molar refractivity (Wildman–Crippen MR) is 137 cm³/mol. The summed E-state index contributed by atoms with van der Waals surface area (Å²) in [5.41, 5.74) is 1.58. The molecule has 4 aromatic rings. The van der Waals surface area contributed by atoms with Crippen LogP contribution in [0.3, 0.4) is 0 Å². The number of fused-ring (bicyclic) bond motifs is 1. The van der Waals surface area contributed by atoms with E-state index in [9.17, 15) is 14.3 Å². The third-order valence-electron chi connectivity index (χ3n) is 5.76. The number of nitriles is 1. The topological polar surface area (TPSA) is 147 Å². The Labute approximate surface area is 217 Å². The molecule has 0 aliphatic rings. The number of nitrogens with zero attached hydrogens (tertiary/aromatic N) is 5. The number of rotatable bonds is 9. The number of hydrogen-bond acceptors (Lipinski definition) is 9. The SMILES string of the molecule is COc1cc(Nc2cc(-c3ccc4cc(C#N)cnn34)ncc2C(=O)NCC(F)C(C)(C)O)cnc1OC. The van der Waals surface area contributed by atoms with Crippen LogP contribution in [-0.2, 0) is 0 Å². The molecular formula is C26H26FN7O4. The van der Waals surface area contributed by atoms with Gasteiger partial charge >= 0.3 is 0 Å². The molecule has 1 unspecified atom stereocenters. The molecule has 0 saturated heterocycles. The van der Waals surface area contributed by atoms with Crippen molar-refractivity contribution in [1.82, 2.24) is 24.9 Å². The number of carbonyl (C=O) groups is 1. The molecule has 12 heteroatoms. The van der Waals surface area contributed by atoms with Crippen LogP contribution < -0.4 is 20.1 Å². The molecule has 0 aromatic carbocycles. The number of hydrogen-bond donors (Lipinski definition) is 3. The van der Waals surface area contributed by atoms with Gasteiger partial charge in [-0.1, -0.05) is 0 Å². The highest BCUT2D eigenvalue weighted by molar-refractivity contribution is 6.00. The van der Waals surface area contributed by atoms with E-state index >= 15 is 0 Å². The molecule has 0 aliphatic carbocycles. The first kappa shape index (κ1) is 26.3. The number of halogens is 1. The van der Waals surface area contributed by atoms with E-state index in [-0.39, 0.29) is 11.4 Å². The summed E-state index contributed by atoms with van der Waals surface area (Å²) in [6, 6.07) is 10.7. The summed E-state index contributed by atoms with van der Waals surface area (Å²) in [6.07, 6.45) is 2.64. The normalized spacial score (nSPS) is 12.0. The van der Waals surface area contributed by atoms with Crippen molar-refractivity contribution in [3.63, 3.8) is 0 Å². The summed E-state index contributed by atoms with van der Waals surface area (Å²) < 4.78 is 26.4. The van der Waals surface area contributed by atoms with E-state index in [0.717, 1.165) is 0 Å². The number of pyridine rings is 2. The summed E-state index contributed by atoms with van der Waals surface area (Å²) in [7, 11) is 2.95. The summed E-state index contributed by atoms with van der Waals surface area (Å²) in [6.45, 7) is 2.26. The van der Waals surface area contributed by atoms with Crippen molar-refractivity contribution in [2.24, 2.45) is 0 Å². The number of aromatic nitrogens is 4. The highest BCUT2D eigenvalue weighted by Crippen LogP contribution is 2.31. The van der Waals surface area contributed by atoms with Gasteiger partial charge in [-0.3, -0.25) is 9.78 Å². The zero-order valence-corrected chi connectivity index (χ0v) is 21.2. The molecule has 4 rings (SSSR count). The Hall–Kier alpha value is -4.76. The fourth-order valence-electron chi connectivity index (χ4n) is 3.62. The number of methoxy groups -OCH3 is 2. The molecule has 0 spiro atoms. The van der Waals surface area contributed by atoms with Gasteiger partial charge in [0.05, 0.1) is 78.2 Å². The van der Waals surface area contributed by atoms with Crippen LogP contribution in [0.5, 0.6) is 11.6 Å². The Balaban J connectivity index is 1.74. The first-order valence-corrected chi connectivity index (χ1v) is 11.5. The van der Waals surface area contributed by atoms with Crippen LogP contribution in [0, 0.1) is 11.3 Å². The van der Waals surface area contributed by atoms with Crippen molar-refractivity contribution in [2.75, 3.05) is 26.1 Å².